The van der Waals surface area contributed by atoms with Crippen LogP contribution in [0.2, 0.25) is 0 Å². The van der Waals surface area contributed by atoms with E-state index >= 15 is 0 Å². The van der Waals surface area contributed by atoms with Crippen molar-refractivity contribution in [3.8, 4) is 0 Å². The second kappa shape index (κ2) is 6.55. The zero-order valence-corrected chi connectivity index (χ0v) is 12.2. The van der Waals surface area contributed by atoms with Crippen LogP contribution in [0, 0.1) is 0 Å². The predicted molar refractivity (Wildman–Crippen MR) is 74.4 cm³/mol. The fourth-order valence-corrected chi connectivity index (χ4v) is 2.55. The Morgan fingerprint density at radius 1 is 1.53 bits per heavy atom. The quantitative estimate of drug-likeness (QED) is 0.722. The van der Waals surface area contributed by atoms with Crippen LogP contribution >= 0.6 is 15.9 Å². The molecule has 0 aliphatic heterocycles. The van der Waals surface area contributed by atoms with E-state index in [1.165, 1.54) is 37.8 Å². The van der Waals surface area contributed by atoms with Crippen LogP contribution in [0.5, 0.6) is 0 Å². The highest BCUT2D eigenvalue weighted by Gasteiger charge is 2.24. The van der Waals surface area contributed by atoms with Crippen LogP contribution < -0.4 is 0 Å². The maximum Gasteiger partial charge on any atom is 0.0534 e. The lowest BCUT2D eigenvalue weighted by molar-refractivity contribution is 0.120. The SMILES string of the molecule is CCn1cc(CN(CCCBr)C2CCC2)cn1. The topological polar surface area (TPSA) is 21.1 Å². The largest absolute Gasteiger partial charge is 0.296 e. The third kappa shape index (κ3) is 3.55. The molecular weight excluding hydrogens is 278 g/mol. The Balaban J connectivity index is 1.90. The van der Waals surface area contributed by atoms with Gasteiger partial charge < -0.3 is 0 Å². The highest BCUT2D eigenvalue weighted by molar-refractivity contribution is 9.09. The molecule has 1 aromatic rings. The molecule has 0 bridgehead atoms. The van der Waals surface area contributed by atoms with E-state index in [0.717, 1.165) is 24.5 Å². The number of halogens is 1. The van der Waals surface area contributed by atoms with Crippen LogP contribution in [-0.2, 0) is 13.1 Å². The summed E-state index contributed by atoms with van der Waals surface area (Å²) in [5.41, 5.74) is 1.35. The van der Waals surface area contributed by atoms with Crippen LogP contribution in [0.4, 0.5) is 0 Å². The van der Waals surface area contributed by atoms with Gasteiger partial charge in [-0.05, 0) is 32.7 Å². The van der Waals surface area contributed by atoms with Gasteiger partial charge in [-0.2, -0.15) is 5.10 Å². The van der Waals surface area contributed by atoms with Crippen LogP contribution in [0.25, 0.3) is 0 Å². The highest BCUT2D eigenvalue weighted by atomic mass is 79.9. The summed E-state index contributed by atoms with van der Waals surface area (Å²) in [4.78, 5) is 2.63. The second-order valence-electron chi connectivity index (χ2n) is 4.80. The number of hydrogen-bond donors (Lipinski definition) is 0. The molecule has 4 heteroatoms. The number of aryl methyl sites for hydroxylation is 1. The molecule has 0 aromatic carbocycles. The first-order valence-electron chi connectivity index (χ1n) is 6.65. The summed E-state index contributed by atoms with van der Waals surface area (Å²) >= 11 is 3.52. The Labute approximate surface area is 112 Å². The number of aromatic nitrogens is 2. The van der Waals surface area contributed by atoms with E-state index < -0.39 is 0 Å². The summed E-state index contributed by atoms with van der Waals surface area (Å²) in [6, 6.07) is 0.819. The average Bonchev–Trinajstić information content (AvgIpc) is 2.71. The fourth-order valence-electron chi connectivity index (χ4n) is 2.30. The lowest BCUT2D eigenvalue weighted by atomic mass is 9.91. The van der Waals surface area contributed by atoms with Crippen molar-refractivity contribution in [1.29, 1.82) is 0 Å². The Kier molecular flexibility index (Phi) is 5.04. The molecule has 0 saturated heterocycles. The van der Waals surface area contributed by atoms with Crippen molar-refractivity contribution in [3.05, 3.63) is 18.0 Å². The maximum atomic E-state index is 4.35. The average molecular weight is 300 g/mol. The van der Waals surface area contributed by atoms with E-state index in [2.05, 4.69) is 39.0 Å². The van der Waals surface area contributed by atoms with Gasteiger partial charge in [0.15, 0.2) is 0 Å². The van der Waals surface area contributed by atoms with Gasteiger partial charge in [-0.1, -0.05) is 22.4 Å². The smallest absolute Gasteiger partial charge is 0.0534 e. The van der Waals surface area contributed by atoms with Gasteiger partial charge >= 0.3 is 0 Å². The molecule has 1 fully saturated rings. The van der Waals surface area contributed by atoms with Crippen molar-refractivity contribution in [1.82, 2.24) is 14.7 Å². The van der Waals surface area contributed by atoms with Gasteiger partial charge in [0.25, 0.3) is 0 Å². The van der Waals surface area contributed by atoms with Crippen molar-refractivity contribution in [2.24, 2.45) is 0 Å². The molecule has 0 unspecified atom stereocenters. The van der Waals surface area contributed by atoms with E-state index in [4.69, 9.17) is 0 Å². The second-order valence-corrected chi connectivity index (χ2v) is 5.60. The Morgan fingerprint density at radius 2 is 2.35 bits per heavy atom. The molecule has 0 N–H and O–H groups in total. The molecule has 0 amide bonds. The standard InChI is InChI=1S/C13H22BrN3/c1-2-17-11-12(9-15-17)10-16(8-4-7-14)13-5-3-6-13/h9,11,13H,2-8,10H2,1H3. The Hall–Kier alpha value is -0.350. The lowest BCUT2D eigenvalue weighted by Gasteiger charge is -2.37. The van der Waals surface area contributed by atoms with Gasteiger partial charge in [-0.15, -0.1) is 0 Å². The minimum Gasteiger partial charge on any atom is -0.296 e. The molecule has 0 atom stereocenters. The van der Waals surface area contributed by atoms with Gasteiger partial charge in [0.05, 0.1) is 6.20 Å². The normalized spacial score (nSPS) is 16.4. The van der Waals surface area contributed by atoms with Crippen molar-refractivity contribution in [2.45, 2.75) is 51.7 Å². The van der Waals surface area contributed by atoms with Crippen molar-refractivity contribution >= 4 is 15.9 Å². The van der Waals surface area contributed by atoms with Gasteiger partial charge in [-0.3, -0.25) is 9.58 Å². The predicted octanol–water partition coefficient (Wildman–Crippen LogP) is 3.04. The first-order valence-corrected chi connectivity index (χ1v) is 7.77. The number of nitrogens with zero attached hydrogens (tertiary/aromatic N) is 3. The summed E-state index contributed by atoms with van der Waals surface area (Å²) in [6.07, 6.45) is 9.60. The molecule has 17 heavy (non-hydrogen) atoms. The number of hydrogen-bond acceptors (Lipinski definition) is 2. The fraction of sp³-hybridized carbons (Fsp3) is 0.769. The summed E-state index contributed by atoms with van der Waals surface area (Å²) < 4.78 is 2.01. The van der Waals surface area contributed by atoms with E-state index in [9.17, 15) is 0 Å². The highest BCUT2D eigenvalue weighted by Crippen LogP contribution is 2.26. The molecule has 1 heterocycles. The number of rotatable bonds is 7. The summed E-state index contributed by atoms with van der Waals surface area (Å²) in [5, 5.41) is 5.45. The zero-order chi connectivity index (χ0) is 12.1. The molecule has 1 aromatic heterocycles. The summed E-state index contributed by atoms with van der Waals surface area (Å²) in [6.45, 7) is 5.36. The molecule has 1 aliphatic carbocycles. The minimum atomic E-state index is 0.819. The monoisotopic (exact) mass is 299 g/mol. The molecule has 3 nitrogen and oxygen atoms in total. The van der Waals surface area contributed by atoms with Crippen LogP contribution in [0.15, 0.2) is 12.4 Å². The lowest BCUT2D eigenvalue weighted by Crippen LogP contribution is -2.40. The molecule has 1 aliphatic rings. The molecule has 96 valence electrons. The van der Waals surface area contributed by atoms with Gasteiger partial charge in [0.1, 0.15) is 0 Å². The van der Waals surface area contributed by atoms with E-state index in [1.54, 1.807) is 0 Å². The Bertz CT molecular complexity index is 333. The Morgan fingerprint density at radius 3 is 2.88 bits per heavy atom. The van der Waals surface area contributed by atoms with E-state index in [1.807, 2.05) is 10.9 Å². The number of alkyl halides is 1. The zero-order valence-electron chi connectivity index (χ0n) is 10.6. The van der Waals surface area contributed by atoms with E-state index in [-0.39, 0.29) is 0 Å². The third-order valence-electron chi connectivity index (χ3n) is 3.57. The minimum absolute atomic E-state index is 0.819. The van der Waals surface area contributed by atoms with Crippen molar-refractivity contribution in [2.75, 3.05) is 11.9 Å². The van der Waals surface area contributed by atoms with Gasteiger partial charge in [0, 0.05) is 36.2 Å². The molecule has 0 radical (unpaired) electrons. The molecule has 2 rings (SSSR count). The van der Waals surface area contributed by atoms with Crippen molar-refractivity contribution < 1.29 is 0 Å². The van der Waals surface area contributed by atoms with Crippen LogP contribution in [0.1, 0.15) is 38.2 Å². The van der Waals surface area contributed by atoms with Gasteiger partial charge in [-0.25, -0.2) is 0 Å². The summed E-state index contributed by atoms with van der Waals surface area (Å²) in [5.74, 6) is 0. The first-order chi connectivity index (χ1) is 8.33. The summed E-state index contributed by atoms with van der Waals surface area (Å²) in [7, 11) is 0. The first kappa shape index (κ1) is 13.1. The third-order valence-corrected chi connectivity index (χ3v) is 4.13. The van der Waals surface area contributed by atoms with Gasteiger partial charge in [0.2, 0.25) is 0 Å². The molecular formula is C13H22BrN3. The maximum absolute atomic E-state index is 4.35. The van der Waals surface area contributed by atoms with Crippen molar-refractivity contribution in [3.63, 3.8) is 0 Å². The molecule has 1 saturated carbocycles. The van der Waals surface area contributed by atoms with Crippen LogP contribution in [-0.4, -0.2) is 32.6 Å². The van der Waals surface area contributed by atoms with Crippen LogP contribution in [0.3, 0.4) is 0 Å². The van der Waals surface area contributed by atoms with E-state index in [0.29, 0.717) is 0 Å². The molecule has 0 spiro atoms.